The molecule has 142 valence electrons. The summed E-state index contributed by atoms with van der Waals surface area (Å²) in [4.78, 5) is 16.7. The van der Waals surface area contributed by atoms with Gasteiger partial charge in [0.1, 0.15) is 11.3 Å². The summed E-state index contributed by atoms with van der Waals surface area (Å²) < 4.78 is 7.31. The van der Waals surface area contributed by atoms with Gasteiger partial charge in [-0.1, -0.05) is 6.92 Å². The fourth-order valence-electron chi connectivity index (χ4n) is 3.07. The molecule has 3 rings (SSSR count). The van der Waals surface area contributed by atoms with Crippen LogP contribution in [0.25, 0.3) is 10.9 Å². The standard InChI is InChI=1S/C20H25N5O2/c1-13(12-25-15(3)10-14(2)24-25)11-22-20(26)23-17-7-8-18(27-4)19-16(17)6-5-9-21-19/h5-10,13H,11-12H2,1-4H3,(H2,22,23,26). The second-order valence-corrected chi connectivity index (χ2v) is 6.76. The average Bonchev–Trinajstić information content (AvgIpc) is 2.97. The quantitative estimate of drug-likeness (QED) is 0.698. The van der Waals surface area contributed by atoms with Gasteiger partial charge in [0.2, 0.25) is 0 Å². The summed E-state index contributed by atoms with van der Waals surface area (Å²) in [6, 6.07) is 9.17. The molecular formula is C20H25N5O2. The lowest BCUT2D eigenvalue weighted by atomic mass is 10.1. The van der Waals surface area contributed by atoms with Crippen molar-refractivity contribution in [2.75, 3.05) is 19.0 Å². The van der Waals surface area contributed by atoms with Crippen LogP contribution in [0.2, 0.25) is 0 Å². The molecule has 0 saturated heterocycles. The molecule has 0 saturated carbocycles. The predicted octanol–water partition coefficient (Wildman–Crippen LogP) is 3.51. The van der Waals surface area contributed by atoms with Crippen LogP contribution in [0.4, 0.5) is 10.5 Å². The van der Waals surface area contributed by atoms with Crippen molar-refractivity contribution in [2.24, 2.45) is 5.92 Å². The molecule has 0 radical (unpaired) electrons. The van der Waals surface area contributed by atoms with Crippen molar-refractivity contribution < 1.29 is 9.53 Å². The third kappa shape index (κ3) is 4.36. The number of anilines is 1. The fourth-order valence-corrected chi connectivity index (χ4v) is 3.07. The van der Waals surface area contributed by atoms with E-state index in [9.17, 15) is 4.79 Å². The Morgan fingerprint density at radius 2 is 2.11 bits per heavy atom. The number of rotatable bonds is 6. The van der Waals surface area contributed by atoms with Crippen molar-refractivity contribution in [2.45, 2.75) is 27.3 Å². The number of hydrogen-bond donors (Lipinski definition) is 2. The zero-order chi connectivity index (χ0) is 19.4. The molecule has 1 atom stereocenters. The topological polar surface area (TPSA) is 81.1 Å². The van der Waals surface area contributed by atoms with Crippen molar-refractivity contribution >= 4 is 22.6 Å². The number of ether oxygens (including phenoxy) is 1. The number of carbonyl (C=O) groups is 1. The van der Waals surface area contributed by atoms with Gasteiger partial charge in [0, 0.05) is 30.4 Å². The summed E-state index contributed by atoms with van der Waals surface area (Å²) in [5.74, 6) is 0.929. The number of methoxy groups -OCH3 is 1. The molecule has 7 heteroatoms. The van der Waals surface area contributed by atoms with E-state index in [0.29, 0.717) is 18.0 Å². The van der Waals surface area contributed by atoms with Crippen LogP contribution in [0.1, 0.15) is 18.3 Å². The number of aryl methyl sites for hydroxylation is 2. The minimum Gasteiger partial charge on any atom is -0.494 e. The van der Waals surface area contributed by atoms with Crippen LogP contribution in [0.5, 0.6) is 5.75 Å². The van der Waals surface area contributed by atoms with Gasteiger partial charge in [0.15, 0.2) is 0 Å². The van der Waals surface area contributed by atoms with Gasteiger partial charge in [-0.2, -0.15) is 5.10 Å². The van der Waals surface area contributed by atoms with Crippen LogP contribution in [-0.2, 0) is 6.54 Å². The summed E-state index contributed by atoms with van der Waals surface area (Å²) >= 11 is 0. The van der Waals surface area contributed by atoms with E-state index in [2.05, 4.69) is 33.7 Å². The van der Waals surface area contributed by atoms with Gasteiger partial charge in [0.05, 0.1) is 18.5 Å². The molecule has 2 amide bonds. The van der Waals surface area contributed by atoms with Crippen molar-refractivity contribution in [1.29, 1.82) is 0 Å². The summed E-state index contributed by atoms with van der Waals surface area (Å²) in [6.07, 6.45) is 1.70. The Hall–Kier alpha value is -3.09. The second kappa shape index (κ2) is 8.07. The van der Waals surface area contributed by atoms with Crippen molar-refractivity contribution in [3.8, 4) is 5.75 Å². The Morgan fingerprint density at radius 3 is 2.81 bits per heavy atom. The van der Waals surface area contributed by atoms with Crippen LogP contribution in [0.15, 0.2) is 36.5 Å². The van der Waals surface area contributed by atoms with Crippen molar-refractivity contribution in [3.63, 3.8) is 0 Å². The first-order valence-electron chi connectivity index (χ1n) is 8.95. The molecule has 0 bridgehead atoms. The molecule has 2 aromatic heterocycles. The van der Waals surface area contributed by atoms with E-state index in [-0.39, 0.29) is 11.9 Å². The third-order valence-corrected chi connectivity index (χ3v) is 4.40. The van der Waals surface area contributed by atoms with E-state index in [1.807, 2.05) is 36.7 Å². The fraction of sp³-hybridized carbons (Fsp3) is 0.350. The minimum atomic E-state index is -0.245. The molecule has 7 nitrogen and oxygen atoms in total. The summed E-state index contributed by atoms with van der Waals surface area (Å²) in [7, 11) is 1.60. The molecule has 0 aliphatic rings. The molecule has 1 unspecified atom stereocenters. The predicted molar refractivity (Wildman–Crippen MR) is 106 cm³/mol. The number of pyridine rings is 1. The van der Waals surface area contributed by atoms with Gasteiger partial charge in [0.25, 0.3) is 0 Å². The molecule has 27 heavy (non-hydrogen) atoms. The van der Waals surface area contributed by atoms with Crippen molar-refractivity contribution in [3.05, 3.63) is 47.9 Å². The van der Waals surface area contributed by atoms with E-state index in [1.165, 1.54) is 0 Å². The highest BCUT2D eigenvalue weighted by Crippen LogP contribution is 2.29. The number of urea groups is 1. The molecule has 3 aromatic rings. The van der Waals surface area contributed by atoms with Crippen molar-refractivity contribution in [1.82, 2.24) is 20.1 Å². The number of nitrogens with zero attached hydrogens (tertiary/aromatic N) is 3. The van der Waals surface area contributed by atoms with Crippen LogP contribution in [0.3, 0.4) is 0 Å². The minimum absolute atomic E-state index is 0.245. The number of carbonyl (C=O) groups excluding carboxylic acids is 1. The molecule has 0 spiro atoms. The van der Waals surface area contributed by atoms with Gasteiger partial charge in [-0.3, -0.25) is 9.67 Å². The van der Waals surface area contributed by atoms with Crippen LogP contribution < -0.4 is 15.4 Å². The highest BCUT2D eigenvalue weighted by molar-refractivity contribution is 6.02. The summed E-state index contributed by atoms with van der Waals surface area (Å²) in [6.45, 7) is 7.42. The lowest BCUT2D eigenvalue weighted by Gasteiger charge is -2.15. The Balaban J connectivity index is 1.61. The van der Waals surface area contributed by atoms with E-state index < -0.39 is 0 Å². The lowest BCUT2D eigenvalue weighted by molar-refractivity contribution is 0.249. The largest absolute Gasteiger partial charge is 0.494 e. The highest BCUT2D eigenvalue weighted by atomic mass is 16.5. The third-order valence-electron chi connectivity index (χ3n) is 4.40. The van der Waals surface area contributed by atoms with Crippen LogP contribution in [-0.4, -0.2) is 34.5 Å². The van der Waals surface area contributed by atoms with E-state index >= 15 is 0 Å². The Bertz CT molecular complexity index is 951. The van der Waals surface area contributed by atoms with Gasteiger partial charge >= 0.3 is 6.03 Å². The first-order valence-corrected chi connectivity index (χ1v) is 8.95. The average molecular weight is 367 g/mol. The monoisotopic (exact) mass is 367 g/mol. The normalized spacial score (nSPS) is 12.0. The van der Waals surface area contributed by atoms with Crippen LogP contribution in [0, 0.1) is 19.8 Å². The Kier molecular flexibility index (Phi) is 5.59. The number of hydrogen-bond acceptors (Lipinski definition) is 4. The first-order chi connectivity index (χ1) is 13.0. The maximum Gasteiger partial charge on any atom is 0.319 e. The zero-order valence-corrected chi connectivity index (χ0v) is 16.1. The number of fused-ring (bicyclic) bond motifs is 1. The number of amides is 2. The first kappa shape index (κ1) is 18.7. The SMILES string of the molecule is COc1ccc(NC(=O)NCC(C)Cn2nc(C)cc2C)c2cccnc12. The van der Waals surface area contributed by atoms with Gasteiger partial charge in [-0.05, 0) is 50.1 Å². The maximum absolute atomic E-state index is 12.3. The summed E-state index contributed by atoms with van der Waals surface area (Å²) in [5, 5.41) is 11.1. The molecule has 1 aromatic carbocycles. The molecule has 0 aliphatic heterocycles. The zero-order valence-electron chi connectivity index (χ0n) is 16.1. The van der Waals surface area contributed by atoms with E-state index in [1.54, 1.807) is 19.4 Å². The van der Waals surface area contributed by atoms with E-state index in [4.69, 9.17) is 4.74 Å². The Labute approximate surface area is 158 Å². The maximum atomic E-state index is 12.3. The molecule has 0 fully saturated rings. The molecule has 2 N–H and O–H groups in total. The molecule has 0 aliphatic carbocycles. The molecule has 2 heterocycles. The Morgan fingerprint density at radius 1 is 1.30 bits per heavy atom. The summed E-state index contributed by atoms with van der Waals surface area (Å²) in [5.41, 5.74) is 3.55. The van der Waals surface area contributed by atoms with E-state index in [0.717, 1.165) is 28.8 Å². The molecular weight excluding hydrogens is 342 g/mol. The second-order valence-electron chi connectivity index (χ2n) is 6.76. The number of benzene rings is 1. The number of aromatic nitrogens is 3. The smallest absolute Gasteiger partial charge is 0.319 e. The number of nitrogens with one attached hydrogen (secondary N) is 2. The van der Waals surface area contributed by atoms with Gasteiger partial charge in [-0.25, -0.2) is 4.79 Å². The highest BCUT2D eigenvalue weighted by Gasteiger charge is 2.12. The van der Waals surface area contributed by atoms with Crippen LogP contribution >= 0.6 is 0 Å². The lowest BCUT2D eigenvalue weighted by Crippen LogP contribution is -2.33. The van der Waals surface area contributed by atoms with Gasteiger partial charge in [-0.15, -0.1) is 0 Å². The van der Waals surface area contributed by atoms with Gasteiger partial charge < -0.3 is 15.4 Å².